The molecule has 0 heterocycles. The lowest BCUT2D eigenvalue weighted by atomic mass is 9.91. The fraction of sp³-hybridized carbons (Fsp3) is 0.467. The second-order valence-electron chi connectivity index (χ2n) is 11.2. The number of carbonyl (C=O) groups is 4. The Kier molecular flexibility index (Phi) is 10.7. The summed E-state index contributed by atoms with van der Waals surface area (Å²) in [6.07, 6.45) is -0.489. The first kappa shape index (κ1) is 31.3. The normalized spacial score (nSPS) is 13.1. The van der Waals surface area contributed by atoms with E-state index in [0.717, 1.165) is 5.56 Å². The maximum atomic E-state index is 14.3. The van der Waals surface area contributed by atoms with Crippen LogP contribution in [0.1, 0.15) is 78.0 Å². The van der Waals surface area contributed by atoms with Gasteiger partial charge in [-0.15, -0.1) is 0 Å². The average molecular weight is 539 g/mol. The Balaban J connectivity index is 2.61. The minimum absolute atomic E-state index is 0.0510. The molecule has 39 heavy (non-hydrogen) atoms. The van der Waals surface area contributed by atoms with E-state index in [1.165, 1.54) is 4.90 Å². The summed E-state index contributed by atoms with van der Waals surface area (Å²) in [6.45, 7) is 12.7. The van der Waals surface area contributed by atoms with Gasteiger partial charge in [-0.25, -0.2) is 4.79 Å². The van der Waals surface area contributed by atoms with Gasteiger partial charge in [-0.2, -0.15) is 0 Å². The molecule has 9 nitrogen and oxygen atoms in total. The van der Waals surface area contributed by atoms with Crippen molar-refractivity contribution in [3.8, 4) is 0 Å². The number of nitrogens with zero attached hydrogens (tertiary/aromatic N) is 1. The molecule has 0 saturated carbocycles. The predicted molar refractivity (Wildman–Crippen MR) is 152 cm³/mol. The van der Waals surface area contributed by atoms with Gasteiger partial charge < -0.3 is 26.0 Å². The molecular weight excluding hydrogens is 496 g/mol. The molecule has 212 valence electrons. The predicted octanol–water partition coefficient (Wildman–Crippen LogP) is 4.85. The van der Waals surface area contributed by atoms with Gasteiger partial charge >= 0.3 is 6.09 Å². The number of nitrogens with two attached hydrogens (primary N) is 1. The summed E-state index contributed by atoms with van der Waals surface area (Å²) in [6, 6.07) is 14.2. The van der Waals surface area contributed by atoms with Crippen molar-refractivity contribution in [2.75, 3.05) is 5.32 Å². The first-order valence-electron chi connectivity index (χ1n) is 13.2. The Morgan fingerprint density at radius 3 is 2.08 bits per heavy atom. The molecule has 0 fully saturated rings. The van der Waals surface area contributed by atoms with E-state index in [2.05, 4.69) is 10.6 Å². The molecule has 2 aromatic carbocycles. The molecule has 0 aliphatic heterocycles. The minimum Gasteiger partial charge on any atom is -0.444 e. The zero-order chi connectivity index (χ0) is 29.4. The number of carbonyl (C=O) groups excluding carboxylic acids is 4. The average Bonchev–Trinajstić information content (AvgIpc) is 2.85. The molecule has 0 aliphatic rings. The number of ether oxygens (including phenoxy) is 1. The van der Waals surface area contributed by atoms with E-state index in [-0.39, 0.29) is 12.8 Å². The molecule has 0 spiro atoms. The quantitative estimate of drug-likeness (QED) is 0.376. The summed E-state index contributed by atoms with van der Waals surface area (Å²) < 4.78 is 5.39. The van der Waals surface area contributed by atoms with Gasteiger partial charge in [0.1, 0.15) is 17.7 Å². The van der Waals surface area contributed by atoms with Gasteiger partial charge in [-0.05, 0) is 71.6 Å². The van der Waals surface area contributed by atoms with Crippen molar-refractivity contribution < 1.29 is 23.9 Å². The monoisotopic (exact) mass is 538 g/mol. The molecule has 2 rings (SSSR count). The Hall–Kier alpha value is -3.88. The Bertz CT molecular complexity index is 1160. The standard InChI is InChI=1S/C30H42N4O5/c1-8-30(6,7)34(27(37)23(18-19-24(31)35)33-28(38)39-29(3,4)5)25(21-15-10-9-11-16-21)26(36)32-22-17-13-12-14-20(22)2/h9-17,23,25H,8,18-19H2,1-7H3,(H2,31,35)(H,32,36)(H,33,38). The highest BCUT2D eigenvalue weighted by atomic mass is 16.6. The number of para-hydroxylation sites is 1. The lowest BCUT2D eigenvalue weighted by molar-refractivity contribution is -0.148. The molecule has 0 radical (unpaired) electrons. The third-order valence-corrected chi connectivity index (χ3v) is 6.45. The van der Waals surface area contributed by atoms with Crippen LogP contribution in [0.15, 0.2) is 54.6 Å². The third-order valence-electron chi connectivity index (χ3n) is 6.45. The van der Waals surface area contributed by atoms with E-state index in [1.807, 2.05) is 52.0 Å². The first-order chi connectivity index (χ1) is 18.2. The molecule has 4 N–H and O–H groups in total. The van der Waals surface area contributed by atoms with Gasteiger partial charge in [-0.3, -0.25) is 14.4 Å². The lowest BCUT2D eigenvalue weighted by Gasteiger charge is -2.44. The fourth-order valence-corrected chi connectivity index (χ4v) is 4.07. The van der Waals surface area contributed by atoms with E-state index in [0.29, 0.717) is 17.7 Å². The van der Waals surface area contributed by atoms with Gasteiger partial charge in [0.05, 0.1) is 0 Å². The second-order valence-corrected chi connectivity index (χ2v) is 11.2. The SMILES string of the molecule is CCC(C)(C)N(C(=O)C(CCC(N)=O)NC(=O)OC(C)(C)C)C(C(=O)Nc1ccccc1C)c1ccccc1. The summed E-state index contributed by atoms with van der Waals surface area (Å²) in [5.41, 5.74) is 5.87. The molecule has 0 aromatic heterocycles. The van der Waals surface area contributed by atoms with Gasteiger partial charge in [0.2, 0.25) is 11.8 Å². The van der Waals surface area contributed by atoms with Crippen LogP contribution in [0.4, 0.5) is 10.5 Å². The lowest BCUT2D eigenvalue weighted by Crippen LogP contribution is -2.59. The number of benzene rings is 2. The third kappa shape index (κ3) is 9.12. The number of primary amides is 1. The van der Waals surface area contributed by atoms with Crippen LogP contribution in [0.3, 0.4) is 0 Å². The maximum absolute atomic E-state index is 14.3. The van der Waals surface area contributed by atoms with Crippen LogP contribution in [0.25, 0.3) is 0 Å². The molecule has 2 atom stereocenters. The van der Waals surface area contributed by atoms with Crippen LogP contribution >= 0.6 is 0 Å². The minimum atomic E-state index is -1.16. The number of rotatable bonds is 11. The zero-order valence-corrected chi connectivity index (χ0v) is 24.0. The van der Waals surface area contributed by atoms with Gasteiger partial charge in [-0.1, -0.05) is 55.5 Å². The van der Waals surface area contributed by atoms with E-state index in [4.69, 9.17) is 10.5 Å². The van der Waals surface area contributed by atoms with Crippen molar-refractivity contribution in [2.24, 2.45) is 5.73 Å². The molecule has 4 amide bonds. The summed E-state index contributed by atoms with van der Waals surface area (Å²) in [4.78, 5) is 54.2. The van der Waals surface area contributed by atoms with E-state index < -0.39 is 47.0 Å². The summed E-state index contributed by atoms with van der Waals surface area (Å²) >= 11 is 0. The van der Waals surface area contributed by atoms with Crippen molar-refractivity contribution in [3.63, 3.8) is 0 Å². The van der Waals surface area contributed by atoms with Gasteiger partial charge in [0.15, 0.2) is 0 Å². The fourth-order valence-electron chi connectivity index (χ4n) is 4.07. The van der Waals surface area contributed by atoms with E-state index in [9.17, 15) is 19.2 Å². The topological polar surface area (TPSA) is 131 Å². The Morgan fingerprint density at radius 1 is 0.949 bits per heavy atom. The largest absolute Gasteiger partial charge is 0.444 e. The highest BCUT2D eigenvalue weighted by molar-refractivity contribution is 5.99. The summed E-state index contributed by atoms with van der Waals surface area (Å²) in [7, 11) is 0. The van der Waals surface area contributed by atoms with Crippen molar-refractivity contribution in [3.05, 3.63) is 65.7 Å². The highest BCUT2D eigenvalue weighted by Crippen LogP contribution is 2.33. The first-order valence-corrected chi connectivity index (χ1v) is 13.2. The molecule has 0 saturated heterocycles. The number of anilines is 1. The van der Waals surface area contributed by atoms with Crippen LogP contribution < -0.4 is 16.4 Å². The van der Waals surface area contributed by atoms with Gasteiger partial charge in [0, 0.05) is 17.6 Å². The van der Waals surface area contributed by atoms with Gasteiger partial charge in [0.25, 0.3) is 5.91 Å². The van der Waals surface area contributed by atoms with Crippen LogP contribution in [0.2, 0.25) is 0 Å². The number of hydrogen-bond donors (Lipinski definition) is 3. The molecule has 0 aliphatic carbocycles. The van der Waals surface area contributed by atoms with Crippen LogP contribution in [-0.4, -0.2) is 45.9 Å². The van der Waals surface area contributed by atoms with E-state index in [1.54, 1.807) is 51.1 Å². The smallest absolute Gasteiger partial charge is 0.408 e. The zero-order valence-electron chi connectivity index (χ0n) is 24.0. The van der Waals surface area contributed by atoms with Crippen molar-refractivity contribution in [1.82, 2.24) is 10.2 Å². The highest BCUT2D eigenvalue weighted by Gasteiger charge is 2.43. The maximum Gasteiger partial charge on any atom is 0.408 e. The number of hydrogen-bond acceptors (Lipinski definition) is 5. The Morgan fingerprint density at radius 2 is 1.54 bits per heavy atom. The molecule has 2 unspecified atom stereocenters. The molecule has 2 aromatic rings. The van der Waals surface area contributed by atoms with Crippen molar-refractivity contribution >= 4 is 29.5 Å². The molecule has 9 heteroatoms. The number of amides is 4. The van der Waals surface area contributed by atoms with Crippen molar-refractivity contribution in [1.29, 1.82) is 0 Å². The van der Waals surface area contributed by atoms with Crippen LogP contribution in [-0.2, 0) is 19.1 Å². The second kappa shape index (κ2) is 13.3. The molecular formula is C30H42N4O5. The molecule has 0 bridgehead atoms. The number of aryl methyl sites for hydroxylation is 1. The van der Waals surface area contributed by atoms with Crippen LogP contribution in [0.5, 0.6) is 0 Å². The van der Waals surface area contributed by atoms with E-state index >= 15 is 0 Å². The van der Waals surface area contributed by atoms with Crippen LogP contribution in [0, 0.1) is 6.92 Å². The van der Waals surface area contributed by atoms with Crippen molar-refractivity contribution in [2.45, 2.75) is 91.0 Å². The summed E-state index contributed by atoms with van der Waals surface area (Å²) in [5, 5.41) is 5.60. The number of nitrogens with one attached hydrogen (secondary N) is 2. The summed E-state index contributed by atoms with van der Waals surface area (Å²) in [5.74, 6) is -1.55. The Labute approximate surface area is 231 Å². The number of alkyl carbamates (subject to hydrolysis) is 1.